The van der Waals surface area contributed by atoms with Crippen LogP contribution in [0, 0.1) is 13.8 Å². The molecule has 0 spiro atoms. The maximum Gasteiger partial charge on any atom is 0.238 e. The number of hydrogen-bond donors (Lipinski definition) is 2. The van der Waals surface area contributed by atoms with E-state index in [4.69, 9.17) is 0 Å². The van der Waals surface area contributed by atoms with Crippen molar-refractivity contribution in [2.75, 3.05) is 32.0 Å². The maximum atomic E-state index is 12.1. The highest BCUT2D eigenvalue weighted by atomic mass is 16.2. The molecule has 1 aromatic carbocycles. The number of hydrogen-bond acceptors (Lipinski definition) is 3. The molecule has 4 heteroatoms. The molecule has 104 valence electrons. The zero-order chi connectivity index (χ0) is 13.8. The van der Waals surface area contributed by atoms with Gasteiger partial charge in [-0.2, -0.15) is 0 Å². The number of nitrogens with zero attached hydrogens (tertiary/aromatic N) is 1. The summed E-state index contributed by atoms with van der Waals surface area (Å²) in [6, 6.07) is 6.52. The van der Waals surface area contributed by atoms with E-state index < -0.39 is 0 Å². The van der Waals surface area contributed by atoms with Gasteiger partial charge >= 0.3 is 0 Å². The van der Waals surface area contributed by atoms with Crippen molar-refractivity contribution in [2.24, 2.45) is 0 Å². The lowest BCUT2D eigenvalue weighted by Gasteiger charge is -2.16. The maximum absolute atomic E-state index is 12.1. The molecule has 0 aromatic heterocycles. The number of rotatable bonds is 4. The molecule has 1 atom stereocenters. The third-order valence-electron chi connectivity index (χ3n) is 3.93. The first kappa shape index (κ1) is 14.0. The standard InChI is InChI=1S/C15H23N3O/c1-11-5-4-6-14(12(11)2)17-15(19)10-18-8-7-13(9-18)16-3/h4-6,13,16H,7-10H2,1-3H3,(H,17,19). The minimum Gasteiger partial charge on any atom is -0.325 e. The van der Waals surface area contributed by atoms with Gasteiger partial charge in [-0.3, -0.25) is 9.69 Å². The number of carbonyl (C=O) groups excluding carboxylic acids is 1. The lowest BCUT2D eigenvalue weighted by atomic mass is 10.1. The van der Waals surface area contributed by atoms with Crippen LogP contribution in [0.5, 0.6) is 0 Å². The molecule has 0 bridgehead atoms. The number of anilines is 1. The SMILES string of the molecule is CNC1CCN(CC(=O)Nc2cccc(C)c2C)C1. The normalized spacial score (nSPS) is 19.6. The first-order chi connectivity index (χ1) is 9.10. The summed E-state index contributed by atoms with van der Waals surface area (Å²) in [5.41, 5.74) is 3.27. The van der Waals surface area contributed by atoms with Crippen molar-refractivity contribution in [1.29, 1.82) is 0 Å². The van der Waals surface area contributed by atoms with Crippen LogP contribution in [0.25, 0.3) is 0 Å². The molecule has 0 aliphatic carbocycles. The van der Waals surface area contributed by atoms with E-state index in [0.29, 0.717) is 12.6 Å². The summed E-state index contributed by atoms with van der Waals surface area (Å²) in [5, 5.41) is 6.27. The van der Waals surface area contributed by atoms with Crippen molar-refractivity contribution < 1.29 is 4.79 Å². The first-order valence-corrected chi connectivity index (χ1v) is 6.86. The van der Waals surface area contributed by atoms with Crippen LogP contribution in [0.4, 0.5) is 5.69 Å². The molecule has 1 aliphatic heterocycles. The molecule has 1 fully saturated rings. The van der Waals surface area contributed by atoms with Gasteiger partial charge in [0.2, 0.25) is 5.91 Å². The van der Waals surface area contributed by atoms with Gasteiger partial charge in [-0.1, -0.05) is 12.1 Å². The average molecular weight is 261 g/mol. The fourth-order valence-corrected chi connectivity index (χ4v) is 2.49. The van der Waals surface area contributed by atoms with Gasteiger partial charge in [-0.15, -0.1) is 0 Å². The molecular formula is C15H23N3O. The van der Waals surface area contributed by atoms with Crippen LogP contribution >= 0.6 is 0 Å². The Bertz CT molecular complexity index is 459. The Morgan fingerprint density at radius 3 is 2.89 bits per heavy atom. The van der Waals surface area contributed by atoms with Gasteiger partial charge < -0.3 is 10.6 Å². The fraction of sp³-hybridized carbons (Fsp3) is 0.533. The molecule has 4 nitrogen and oxygen atoms in total. The molecule has 1 unspecified atom stereocenters. The number of aryl methyl sites for hydroxylation is 1. The van der Waals surface area contributed by atoms with Gasteiger partial charge in [-0.25, -0.2) is 0 Å². The molecule has 0 saturated carbocycles. The minimum absolute atomic E-state index is 0.0745. The second-order valence-corrected chi connectivity index (χ2v) is 5.31. The monoisotopic (exact) mass is 261 g/mol. The van der Waals surface area contributed by atoms with Gasteiger partial charge in [0.05, 0.1) is 6.54 Å². The number of nitrogens with one attached hydrogen (secondary N) is 2. The summed E-state index contributed by atoms with van der Waals surface area (Å²) in [4.78, 5) is 14.2. The quantitative estimate of drug-likeness (QED) is 0.864. The Labute approximate surface area is 115 Å². The summed E-state index contributed by atoms with van der Waals surface area (Å²) >= 11 is 0. The Hall–Kier alpha value is -1.39. The average Bonchev–Trinajstić information content (AvgIpc) is 2.82. The second-order valence-electron chi connectivity index (χ2n) is 5.31. The van der Waals surface area contributed by atoms with Crippen LogP contribution in [0.1, 0.15) is 17.5 Å². The van der Waals surface area contributed by atoms with Crippen LogP contribution in [-0.2, 0) is 4.79 Å². The predicted octanol–water partition coefficient (Wildman–Crippen LogP) is 1.54. The number of carbonyl (C=O) groups is 1. The second kappa shape index (κ2) is 6.17. The molecule has 1 saturated heterocycles. The topological polar surface area (TPSA) is 44.4 Å². The molecule has 2 N–H and O–H groups in total. The first-order valence-electron chi connectivity index (χ1n) is 6.86. The highest BCUT2D eigenvalue weighted by Crippen LogP contribution is 2.18. The van der Waals surface area contributed by atoms with E-state index >= 15 is 0 Å². The summed E-state index contributed by atoms with van der Waals surface area (Å²) in [7, 11) is 1.98. The molecule has 1 aliphatic rings. The zero-order valence-electron chi connectivity index (χ0n) is 12.0. The van der Waals surface area contributed by atoms with Crippen LogP contribution in [-0.4, -0.2) is 43.5 Å². The smallest absolute Gasteiger partial charge is 0.238 e. The summed E-state index contributed by atoms with van der Waals surface area (Å²) in [5.74, 6) is 0.0745. The molecular weight excluding hydrogens is 238 g/mol. The van der Waals surface area contributed by atoms with Crippen LogP contribution < -0.4 is 10.6 Å². The summed E-state index contributed by atoms with van der Waals surface area (Å²) < 4.78 is 0. The van der Waals surface area contributed by atoms with Gasteiger partial charge in [-0.05, 0) is 44.5 Å². The van der Waals surface area contributed by atoms with Crippen molar-refractivity contribution in [3.05, 3.63) is 29.3 Å². The molecule has 1 heterocycles. The highest BCUT2D eigenvalue weighted by Gasteiger charge is 2.22. The van der Waals surface area contributed by atoms with E-state index in [9.17, 15) is 4.79 Å². The summed E-state index contributed by atoms with van der Waals surface area (Å²) in [6.07, 6.45) is 1.12. The number of benzene rings is 1. The predicted molar refractivity (Wildman–Crippen MR) is 78.5 cm³/mol. The summed E-state index contributed by atoms with van der Waals surface area (Å²) in [6.45, 7) is 6.52. The van der Waals surface area contributed by atoms with E-state index in [1.807, 2.05) is 26.1 Å². The number of amides is 1. The van der Waals surface area contributed by atoms with Gasteiger partial charge in [0.15, 0.2) is 0 Å². The van der Waals surface area contributed by atoms with Crippen LogP contribution in [0.3, 0.4) is 0 Å². The minimum atomic E-state index is 0.0745. The lowest BCUT2D eigenvalue weighted by Crippen LogP contribution is -2.34. The Kier molecular flexibility index (Phi) is 4.56. The van der Waals surface area contributed by atoms with E-state index in [1.165, 1.54) is 5.56 Å². The number of likely N-dealkylation sites (N-methyl/N-ethyl adjacent to an activating group) is 1. The van der Waals surface area contributed by atoms with Crippen molar-refractivity contribution >= 4 is 11.6 Å². The third kappa shape index (κ3) is 3.55. The van der Waals surface area contributed by atoms with Crippen molar-refractivity contribution in [2.45, 2.75) is 26.3 Å². The Morgan fingerprint density at radius 2 is 2.21 bits per heavy atom. The largest absolute Gasteiger partial charge is 0.325 e. The molecule has 0 radical (unpaired) electrons. The fourth-order valence-electron chi connectivity index (χ4n) is 2.49. The number of likely N-dealkylation sites (tertiary alicyclic amines) is 1. The molecule has 1 amide bonds. The molecule has 1 aromatic rings. The Balaban J connectivity index is 1.89. The molecule has 19 heavy (non-hydrogen) atoms. The Morgan fingerprint density at radius 1 is 1.42 bits per heavy atom. The van der Waals surface area contributed by atoms with E-state index in [0.717, 1.165) is 30.8 Å². The van der Waals surface area contributed by atoms with E-state index in [-0.39, 0.29) is 5.91 Å². The van der Waals surface area contributed by atoms with E-state index in [2.05, 4.69) is 28.5 Å². The third-order valence-corrected chi connectivity index (χ3v) is 3.93. The highest BCUT2D eigenvalue weighted by molar-refractivity contribution is 5.93. The lowest BCUT2D eigenvalue weighted by molar-refractivity contribution is -0.117. The van der Waals surface area contributed by atoms with E-state index in [1.54, 1.807) is 0 Å². The molecule has 2 rings (SSSR count). The van der Waals surface area contributed by atoms with Gasteiger partial charge in [0.25, 0.3) is 0 Å². The van der Waals surface area contributed by atoms with Crippen molar-refractivity contribution in [3.8, 4) is 0 Å². The van der Waals surface area contributed by atoms with Gasteiger partial charge in [0.1, 0.15) is 0 Å². The zero-order valence-corrected chi connectivity index (χ0v) is 12.0. The van der Waals surface area contributed by atoms with Crippen LogP contribution in [0.15, 0.2) is 18.2 Å². The van der Waals surface area contributed by atoms with Gasteiger partial charge in [0, 0.05) is 24.8 Å². The van der Waals surface area contributed by atoms with Crippen molar-refractivity contribution in [1.82, 2.24) is 10.2 Å². The van der Waals surface area contributed by atoms with Crippen molar-refractivity contribution in [3.63, 3.8) is 0 Å². The van der Waals surface area contributed by atoms with Crippen LogP contribution in [0.2, 0.25) is 0 Å².